The molecule has 0 N–H and O–H groups in total. The fourth-order valence-electron chi connectivity index (χ4n) is 6.97. The van der Waals surface area contributed by atoms with Gasteiger partial charge in [-0.3, -0.25) is 0 Å². The second kappa shape index (κ2) is 17.3. The summed E-state index contributed by atoms with van der Waals surface area (Å²) in [4.78, 5) is 0. The lowest BCUT2D eigenvalue weighted by molar-refractivity contribution is 0.127. The maximum absolute atomic E-state index is 6.42. The minimum Gasteiger partial charge on any atom is -0.486 e. The monoisotopic (exact) mass is 494 g/mol. The van der Waals surface area contributed by atoms with Crippen LogP contribution < -0.4 is 4.74 Å². The van der Waals surface area contributed by atoms with Gasteiger partial charge in [0.25, 0.3) is 0 Å². The smallest absolute Gasteiger partial charge is 0.120 e. The molecule has 0 spiro atoms. The number of hydrogen-bond acceptors (Lipinski definition) is 1. The average Bonchev–Trinajstić information content (AvgIpc) is 2.92. The Morgan fingerprint density at radius 1 is 0.694 bits per heavy atom. The van der Waals surface area contributed by atoms with E-state index in [-0.39, 0.29) is 6.10 Å². The molecular formula is C35H58O. The maximum Gasteiger partial charge on any atom is 0.120 e. The van der Waals surface area contributed by atoms with Crippen molar-refractivity contribution in [3.63, 3.8) is 0 Å². The lowest BCUT2D eigenvalue weighted by Gasteiger charge is -2.32. The van der Waals surface area contributed by atoms with Crippen molar-refractivity contribution in [3.05, 3.63) is 42.5 Å². The molecule has 36 heavy (non-hydrogen) atoms. The molecule has 1 heteroatoms. The molecule has 1 aromatic rings. The molecule has 0 aliphatic heterocycles. The Bertz CT molecular complexity index is 675. The van der Waals surface area contributed by atoms with E-state index in [1.54, 1.807) is 0 Å². The summed E-state index contributed by atoms with van der Waals surface area (Å²) in [7, 11) is 0. The molecule has 0 radical (unpaired) electrons. The second-order valence-corrected chi connectivity index (χ2v) is 12.4. The summed E-state index contributed by atoms with van der Waals surface area (Å²) in [6.07, 6.45) is 30.3. The van der Waals surface area contributed by atoms with Crippen molar-refractivity contribution in [2.45, 2.75) is 148 Å². The topological polar surface area (TPSA) is 9.23 Å². The number of benzene rings is 1. The van der Waals surface area contributed by atoms with Gasteiger partial charge in [-0.25, -0.2) is 0 Å². The molecule has 0 bridgehead atoms. The van der Waals surface area contributed by atoms with Gasteiger partial charge >= 0.3 is 0 Å². The third-order valence-corrected chi connectivity index (χ3v) is 9.51. The standard InChI is InChI=1S/C35H58O/c1-4-7-9-13-29-17-19-30(20-18-29)15-11-12-16-32-23-27-34(28-24-32)36-35(6-3)33-25-21-31(22-26-33)14-10-8-5-2/h6,23-24,27-31,33,35H,3-5,7-22,25-26H2,1-2H3. The Morgan fingerprint density at radius 3 is 1.64 bits per heavy atom. The molecule has 1 atom stereocenters. The number of unbranched alkanes of at least 4 members (excludes halogenated alkanes) is 5. The maximum atomic E-state index is 6.42. The molecule has 0 amide bonds. The van der Waals surface area contributed by atoms with E-state index >= 15 is 0 Å². The van der Waals surface area contributed by atoms with Crippen molar-refractivity contribution in [1.29, 1.82) is 0 Å². The van der Waals surface area contributed by atoms with Crippen LogP contribution in [-0.4, -0.2) is 6.10 Å². The number of hydrogen-bond donors (Lipinski definition) is 0. The Hall–Kier alpha value is -1.24. The largest absolute Gasteiger partial charge is 0.486 e. The zero-order valence-corrected chi connectivity index (χ0v) is 24.0. The Labute approximate surface area is 224 Å². The van der Waals surface area contributed by atoms with Gasteiger partial charge in [0.05, 0.1) is 0 Å². The predicted molar refractivity (Wildman–Crippen MR) is 158 cm³/mol. The van der Waals surface area contributed by atoms with E-state index in [1.807, 2.05) is 0 Å². The van der Waals surface area contributed by atoms with Crippen molar-refractivity contribution < 1.29 is 4.74 Å². The van der Waals surface area contributed by atoms with E-state index in [1.165, 1.54) is 134 Å². The SMILES string of the molecule is C=CC(Oc1ccc(CCCCC2CCC(CCCCC)CC2)cc1)C1CCC(CCCCC)CC1. The highest BCUT2D eigenvalue weighted by Gasteiger charge is 2.27. The van der Waals surface area contributed by atoms with Crippen LogP contribution in [0.1, 0.15) is 141 Å². The van der Waals surface area contributed by atoms with Gasteiger partial charge in [0.2, 0.25) is 0 Å². The van der Waals surface area contributed by atoms with Crippen LogP contribution in [0, 0.1) is 23.7 Å². The third kappa shape index (κ3) is 10.6. The number of aryl methyl sites for hydroxylation is 1. The fraction of sp³-hybridized carbons (Fsp3) is 0.771. The van der Waals surface area contributed by atoms with E-state index in [9.17, 15) is 0 Å². The average molecular weight is 495 g/mol. The van der Waals surface area contributed by atoms with Gasteiger partial charge in [-0.1, -0.05) is 141 Å². The van der Waals surface area contributed by atoms with E-state index in [2.05, 4.69) is 50.8 Å². The molecule has 2 fully saturated rings. The van der Waals surface area contributed by atoms with E-state index in [0.29, 0.717) is 5.92 Å². The van der Waals surface area contributed by atoms with Gasteiger partial charge in [0.1, 0.15) is 11.9 Å². The third-order valence-electron chi connectivity index (χ3n) is 9.51. The summed E-state index contributed by atoms with van der Waals surface area (Å²) in [6.45, 7) is 8.73. The van der Waals surface area contributed by atoms with Crippen LogP contribution in [0.15, 0.2) is 36.9 Å². The van der Waals surface area contributed by atoms with Crippen molar-refractivity contribution in [1.82, 2.24) is 0 Å². The van der Waals surface area contributed by atoms with Gasteiger partial charge in [0.15, 0.2) is 0 Å². The van der Waals surface area contributed by atoms with Crippen LogP contribution in [0.3, 0.4) is 0 Å². The van der Waals surface area contributed by atoms with Crippen LogP contribution in [0.25, 0.3) is 0 Å². The molecule has 2 aliphatic carbocycles. The number of ether oxygens (including phenoxy) is 1. The summed E-state index contributed by atoms with van der Waals surface area (Å²) >= 11 is 0. The van der Waals surface area contributed by atoms with Crippen molar-refractivity contribution >= 4 is 0 Å². The first-order valence-electron chi connectivity index (χ1n) is 16.1. The molecule has 204 valence electrons. The molecule has 2 saturated carbocycles. The highest BCUT2D eigenvalue weighted by molar-refractivity contribution is 5.28. The lowest BCUT2D eigenvalue weighted by Crippen LogP contribution is -2.29. The van der Waals surface area contributed by atoms with Crippen LogP contribution >= 0.6 is 0 Å². The molecule has 3 rings (SSSR count). The summed E-state index contributed by atoms with van der Waals surface area (Å²) in [5.74, 6) is 4.65. The van der Waals surface area contributed by atoms with Crippen molar-refractivity contribution in [3.8, 4) is 5.75 Å². The Morgan fingerprint density at radius 2 is 1.17 bits per heavy atom. The molecule has 1 nitrogen and oxygen atoms in total. The molecule has 0 aromatic heterocycles. The van der Waals surface area contributed by atoms with Crippen LogP contribution in [0.4, 0.5) is 0 Å². The zero-order chi connectivity index (χ0) is 25.4. The Kier molecular flexibility index (Phi) is 14.1. The summed E-state index contributed by atoms with van der Waals surface area (Å²) < 4.78 is 6.42. The first-order valence-corrected chi connectivity index (χ1v) is 16.1. The van der Waals surface area contributed by atoms with Gasteiger partial charge in [0, 0.05) is 0 Å². The molecule has 2 aliphatic rings. The van der Waals surface area contributed by atoms with E-state index in [0.717, 1.165) is 23.5 Å². The predicted octanol–water partition coefficient (Wildman–Crippen LogP) is 11.1. The van der Waals surface area contributed by atoms with Crippen LogP contribution in [0.2, 0.25) is 0 Å². The summed E-state index contributed by atoms with van der Waals surface area (Å²) in [5.41, 5.74) is 1.46. The molecule has 0 saturated heterocycles. The highest BCUT2D eigenvalue weighted by Crippen LogP contribution is 2.36. The highest BCUT2D eigenvalue weighted by atomic mass is 16.5. The first kappa shape index (κ1) is 29.3. The quantitative estimate of drug-likeness (QED) is 0.154. The van der Waals surface area contributed by atoms with E-state index < -0.39 is 0 Å². The molecule has 1 aromatic carbocycles. The van der Waals surface area contributed by atoms with Crippen molar-refractivity contribution in [2.24, 2.45) is 23.7 Å². The normalized spacial score (nSPS) is 25.4. The van der Waals surface area contributed by atoms with Gasteiger partial charge in [-0.15, -0.1) is 0 Å². The first-order chi connectivity index (χ1) is 17.7. The van der Waals surface area contributed by atoms with E-state index in [4.69, 9.17) is 4.74 Å². The molecule has 1 unspecified atom stereocenters. The van der Waals surface area contributed by atoms with Crippen LogP contribution in [0.5, 0.6) is 5.75 Å². The lowest BCUT2D eigenvalue weighted by atomic mass is 9.77. The van der Waals surface area contributed by atoms with Crippen LogP contribution in [-0.2, 0) is 6.42 Å². The minimum atomic E-state index is 0.161. The van der Waals surface area contributed by atoms with Gasteiger partial charge in [-0.05, 0) is 67.1 Å². The minimum absolute atomic E-state index is 0.161. The second-order valence-electron chi connectivity index (χ2n) is 12.4. The fourth-order valence-corrected chi connectivity index (χ4v) is 6.97. The molecular weight excluding hydrogens is 436 g/mol. The van der Waals surface area contributed by atoms with Gasteiger partial charge in [-0.2, -0.15) is 0 Å². The van der Waals surface area contributed by atoms with Gasteiger partial charge < -0.3 is 4.74 Å². The number of rotatable bonds is 17. The summed E-state index contributed by atoms with van der Waals surface area (Å²) in [6, 6.07) is 8.98. The summed E-state index contributed by atoms with van der Waals surface area (Å²) in [5, 5.41) is 0. The van der Waals surface area contributed by atoms with Crippen molar-refractivity contribution in [2.75, 3.05) is 0 Å². The molecule has 0 heterocycles. The Balaban J connectivity index is 1.29. The zero-order valence-electron chi connectivity index (χ0n) is 24.0.